The lowest BCUT2D eigenvalue weighted by Crippen LogP contribution is -1.99. The monoisotopic (exact) mass is 229 g/mol. The molecule has 0 aromatic carbocycles. The van der Waals surface area contributed by atoms with Gasteiger partial charge in [-0.25, -0.2) is 0 Å². The van der Waals surface area contributed by atoms with Gasteiger partial charge in [-0.05, 0) is 12.5 Å². The lowest BCUT2D eigenvalue weighted by molar-refractivity contribution is -0.135. The highest BCUT2D eigenvalue weighted by atomic mass is 32.2. The predicted octanol–water partition coefficient (Wildman–Crippen LogP) is 2.10. The van der Waals surface area contributed by atoms with E-state index in [9.17, 15) is 4.79 Å². The van der Waals surface area contributed by atoms with Crippen molar-refractivity contribution in [3.8, 4) is 0 Å². The largest absolute Gasteiger partial charge is 0.480 e. The number of carbonyl (C=O) groups is 1. The molecule has 0 radical (unpaired) electrons. The van der Waals surface area contributed by atoms with Crippen LogP contribution in [0.2, 0.25) is 0 Å². The van der Waals surface area contributed by atoms with Crippen LogP contribution in [0.25, 0.3) is 0 Å². The highest BCUT2D eigenvalue weighted by molar-refractivity contribution is 7.83. The number of thiol groups is 1. The van der Waals surface area contributed by atoms with E-state index in [4.69, 9.17) is 5.11 Å². The molecule has 0 fully saturated rings. The summed E-state index contributed by atoms with van der Waals surface area (Å²) in [4.78, 5) is 15.2. The van der Waals surface area contributed by atoms with Crippen LogP contribution in [-0.4, -0.2) is 23.8 Å². The number of nitrogens with zero attached hydrogens (tertiary/aromatic N) is 1. The molecule has 1 heterocycles. The Morgan fingerprint density at radius 3 is 3.00 bits per heavy atom. The molecule has 0 bridgehead atoms. The Kier molecular flexibility index (Phi) is 4.16. The van der Waals surface area contributed by atoms with Crippen molar-refractivity contribution in [1.82, 2.24) is 0 Å². The smallest absolute Gasteiger partial charge is 0.325 e. The Hall–Kier alpha value is -0.810. The van der Waals surface area contributed by atoms with E-state index < -0.39 is 5.97 Å². The van der Waals surface area contributed by atoms with Crippen molar-refractivity contribution in [1.29, 1.82) is 0 Å². The number of aliphatic carboxylic acids is 1. The van der Waals surface area contributed by atoms with Gasteiger partial charge in [0.15, 0.2) is 0 Å². The van der Waals surface area contributed by atoms with Crippen LogP contribution in [0.4, 0.5) is 0 Å². The predicted molar refractivity (Wildman–Crippen MR) is 61.0 cm³/mol. The van der Waals surface area contributed by atoms with Gasteiger partial charge in [0.25, 0.3) is 0 Å². The topological polar surface area (TPSA) is 49.7 Å². The zero-order chi connectivity index (χ0) is 10.6. The Morgan fingerprint density at radius 2 is 2.50 bits per heavy atom. The van der Waals surface area contributed by atoms with Gasteiger partial charge in [-0.15, -0.1) is 24.0 Å². The molecule has 76 valence electrons. The lowest BCUT2D eigenvalue weighted by atomic mass is 10.3. The van der Waals surface area contributed by atoms with Crippen LogP contribution >= 0.6 is 24.0 Å². The van der Waals surface area contributed by atoms with Gasteiger partial charge < -0.3 is 5.11 Å². The molecule has 0 aliphatic carbocycles. The Labute approximate surface area is 91.9 Å². The molecule has 3 nitrogen and oxygen atoms in total. The van der Waals surface area contributed by atoms with Crippen molar-refractivity contribution < 1.29 is 9.90 Å². The van der Waals surface area contributed by atoms with Crippen molar-refractivity contribution in [3.63, 3.8) is 0 Å². The molecule has 0 unspecified atom stereocenters. The number of hydrogen-bond donors (Lipinski definition) is 2. The number of thiophene rings is 1. The summed E-state index contributed by atoms with van der Waals surface area (Å²) in [6.07, 6.45) is 2.52. The molecule has 0 amide bonds. The van der Waals surface area contributed by atoms with E-state index in [0.717, 1.165) is 16.2 Å². The van der Waals surface area contributed by atoms with E-state index in [1.165, 1.54) is 4.88 Å². The molecular weight excluding hydrogens is 218 g/mol. The first-order chi connectivity index (χ1) is 6.63. The maximum atomic E-state index is 10.2. The second-order valence-corrected chi connectivity index (χ2v) is 4.58. The summed E-state index contributed by atoms with van der Waals surface area (Å²) in [5.74, 6) is -0.923. The zero-order valence-electron chi connectivity index (χ0n) is 7.73. The fourth-order valence-electron chi connectivity index (χ4n) is 0.937. The minimum atomic E-state index is -0.923. The van der Waals surface area contributed by atoms with Gasteiger partial charge in [-0.2, -0.15) is 0 Å². The summed E-state index contributed by atoms with van der Waals surface area (Å²) in [7, 11) is 0. The molecule has 1 N–H and O–H groups in total. The van der Waals surface area contributed by atoms with Crippen molar-refractivity contribution in [3.05, 3.63) is 16.5 Å². The van der Waals surface area contributed by atoms with E-state index in [-0.39, 0.29) is 6.54 Å². The molecule has 1 aromatic rings. The maximum Gasteiger partial charge on any atom is 0.325 e. The molecule has 1 rings (SSSR count). The molecule has 14 heavy (non-hydrogen) atoms. The third-order valence-electron chi connectivity index (χ3n) is 1.60. The zero-order valence-corrected chi connectivity index (χ0v) is 9.44. The minimum absolute atomic E-state index is 0.190. The molecule has 0 atom stereocenters. The van der Waals surface area contributed by atoms with Crippen LogP contribution in [0.15, 0.2) is 15.3 Å². The fraction of sp³-hybridized carbons (Fsp3) is 0.333. The van der Waals surface area contributed by atoms with Gasteiger partial charge in [0, 0.05) is 16.7 Å². The molecular formula is C9H11NO2S2. The van der Waals surface area contributed by atoms with E-state index in [1.54, 1.807) is 17.6 Å². The quantitative estimate of drug-likeness (QED) is 0.613. The van der Waals surface area contributed by atoms with E-state index in [0.29, 0.717) is 0 Å². The lowest BCUT2D eigenvalue weighted by Gasteiger charge is -1.87. The number of rotatable bonds is 4. The Morgan fingerprint density at radius 1 is 1.79 bits per heavy atom. The second kappa shape index (κ2) is 5.17. The Bertz CT molecular complexity index is 358. The van der Waals surface area contributed by atoms with Crippen LogP contribution in [0.1, 0.15) is 17.4 Å². The first-order valence-corrected chi connectivity index (χ1v) is 5.43. The first-order valence-electron chi connectivity index (χ1n) is 4.16. The van der Waals surface area contributed by atoms with Gasteiger partial charge in [-0.3, -0.25) is 9.79 Å². The number of aryl methyl sites for hydroxylation is 1. The SMILES string of the molecule is CCc1cc(C=NCC(=O)O)c(S)s1. The van der Waals surface area contributed by atoms with Gasteiger partial charge in [0.2, 0.25) is 0 Å². The summed E-state index contributed by atoms with van der Waals surface area (Å²) in [5.41, 5.74) is 0.899. The summed E-state index contributed by atoms with van der Waals surface area (Å²) in [6, 6.07) is 1.98. The van der Waals surface area contributed by atoms with Crippen molar-refractivity contribution in [2.45, 2.75) is 17.6 Å². The van der Waals surface area contributed by atoms with Gasteiger partial charge in [0.1, 0.15) is 6.54 Å². The fourth-order valence-corrected chi connectivity index (χ4v) is 2.22. The molecule has 5 heteroatoms. The van der Waals surface area contributed by atoms with E-state index in [2.05, 4.69) is 24.5 Å². The van der Waals surface area contributed by atoms with Crippen molar-refractivity contribution in [2.24, 2.45) is 4.99 Å². The number of aliphatic imine (C=N–C) groups is 1. The first kappa shape index (κ1) is 11.3. The molecule has 0 saturated carbocycles. The maximum absolute atomic E-state index is 10.2. The normalized spacial score (nSPS) is 11.0. The second-order valence-electron chi connectivity index (χ2n) is 2.69. The Balaban J connectivity index is 2.70. The van der Waals surface area contributed by atoms with E-state index in [1.807, 2.05) is 6.07 Å². The van der Waals surface area contributed by atoms with Gasteiger partial charge in [0.05, 0.1) is 4.21 Å². The average Bonchev–Trinajstić information content (AvgIpc) is 2.47. The van der Waals surface area contributed by atoms with Crippen LogP contribution in [0, 0.1) is 0 Å². The molecule has 0 saturated heterocycles. The van der Waals surface area contributed by atoms with Crippen LogP contribution in [-0.2, 0) is 11.2 Å². The molecule has 0 spiro atoms. The molecule has 0 aliphatic heterocycles. The van der Waals surface area contributed by atoms with Crippen LogP contribution in [0.3, 0.4) is 0 Å². The number of carboxylic acids is 1. The van der Waals surface area contributed by atoms with E-state index >= 15 is 0 Å². The number of hydrogen-bond acceptors (Lipinski definition) is 4. The van der Waals surface area contributed by atoms with Crippen molar-refractivity contribution >= 4 is 36.1 Å². The minimum Gasteiger partial charge on any atom is -0.480 e. The highest BCUT2D eigenvalue weighted by Gasteiger charge is 2.02. The highest BCUT2D eigenvalue weighted by Crippen LogP contribution is 2.24. The summed E-state index contributed by atoms with van der Waals surface area (Å²) < 4.78 is 0.885. The average molecular weight is 229 g/mol. The summed E-state index contributed by atoms with van der Waals surface area (Å²) in [5, 5.41) is 8.38. The third-order valence-corrected chi connectivity index (χ3v) is 3.23. The third kappa shape index (κ3) is 3.16. The van der Waals surface area contributed by atoms with Crippen LogP contribution < -0.4 is 0 Å². The molecule has 0 aliphatic rings. The van der Waals surface area contributed by atoms with Crippen molar-refractivity contribution in [2.75, 3.05) is 6.54 Å². The van der Waals surface area contributed by atoms with Crippen LogP contribution in [0.5, 0.6) is 0 Å². The molecule has 1 aromatic heterocycles. The van der Waals surface area contributed by atoms with Gasteiger partial charge in [-0.1, -0.05) is 6.92 Å². The summed E-state index contributed by atoms with van der Waals surface area (Å²) >= 11 is 5.88. The number of carboxylic acid groups (broad SMARTS) is 1. The van der Waals surface area contributed by atoms with Gasteiger partial charge >= 0.3 is 5.97 Å². The standard InChI is InChI=1S/C9H11NO2S2/c1-2-7-3-6(9(13)14-7)4-10-5-8(11)12/h3-4,13H,2,5H2,1H3,(H,11,12). The summed E-state index contributed by atoms with van der Waals surface area (Å²) in [6.45, 7) is 1.88.